The van der Waals surface area contributed by atoms with Crippen molar-refractivity contribution in [2.45, 2.75) is 19.3 Å². The van der Waals surface area contributed by atoms with Gasteiger partial charge in [-0.2, -0.15) is 0 Å². The normalized spacial score (nSPS) is 12.7. The van der Waals surface area contributed by atoms with Crippen LogP contribution in [0.2, 0.25) is 0 Å². The number of hydrogen-bond donors (Lipinski definition) is 0. The maximum Gasteiger partial charge on any atom is 0.181 e. The van der Waals surface area contributed by atoms with E-state index in [-0.39, 0.29) is 5.41 Å². The number of rotatable bonds is 10. The molecule has 0 saturated carbocycles. The summed E-state index contributed by atoms with van der Waals surface area (Å²) in [5.74, 6) is 0. The molecule has 0 atom stereocenters. The van der Waals surface area contributed by atoms with Gasteiger partial charge in [-0.05, 0) is 116 Å². The van der Waals surface area contributed by atoms with Crippen LogP contribution in [-0.2, 0) is 5.41 Å². The summed E-state index contributed by atoms with van der Waals surface area (Å²) in [5, 5.41) is 7.38. The minimum absolute atomic E-state index is 0.0860. The molecule has 0 unspecified atom stereocenters. The van der Waals surface area contributed by atoms with E-state index >= 15 is 0 Å². The van der Waals surface area contributed by atoms with Gasteiger partial charge in [-0.3, -0.25) is 0 Å². The Bertz CT molecular complexity index is 3530. The van der Waals surface area contributed by atoms with Gasteiger partial charge in [-0.15, -0.1) is 0 Å². The summed E-state index contributed by atoms with van der Waals surface area (Å²) in [6.07, 6.45) is 0. The molecule has 320 valence electrons. The Morgan fingerprint density at radius 1 is 0.343 bits per heavy atom. The third kappa shape index (κ3) is 6.63. The average molecular weight is 877 g/mol. The quantitative estimate of drug-likeness (QED) is 0.101. The lowest BCUT2D eigenvalue weighted by molar-refractivity contribution is 0.660. The predicted octanol–water partition coefficient (Wildman–Crippen LogP) is 14.2. The van der Waals surface area contributed by atoms with Crippen LogP contribution < -0.4 is 30.5 Å². The van der Waals surface area contributed by atoms with Gasteiger partial charge in [0.2, 0.25) is 0 Å². The van der Waals surface area contributed by atoms with Gasteiger partial charge in [0, 0.05) is 56.4 Å². The lowest BCUT2D eigenvalue weighted by Crippen LogP contribution is -2.75. The van der Waals surface area contributed by atoms with Gasteiger partial charge >= 0.3 is 0 Å². The molecule has 1 aliphatic carbocycles. The standard InChI is InChI=1S/C63H48N2OSi/c1-63(2)57-34-17-15-32-53(57)56-43-48(39-41-58(56)63)64(45-22-7-3-8-23-45)47-26-21-31-52(42-47)67(50-27-11-5-12-28-50,51-29-13-6-14-30-51)62-37-20-18-35-59(62)65(46-24-9-4-10-25-46)49-38-40-55-54-33-16-19-36-60(54)66-61(55)44-49/h3-44H,1-2H3. The Balaban J connectivity index is 1.11. The largest absolute Gasteiger partial charge is 0.456 e. The maximum absolute atomic E-state index is 6.56. The molecule has 11 aromatic rings. The van der Waals surface area contributed by atoms with Crippen LogP contribution in [0.25, 0.3) is 33.1 Å². The first-order valence-corrected chi connectivity index (χ1v) is 25.2. The van der Waals surface area contributed by atoms with Gasteiger partial charge in [0.05, 0.1) is 0 Å². The van der Waals surface area contributed by atoms with Crippen molar-refractivity contribution in [1.29, 1.82) is 0 Å². The highest BCUT2D eigenvalue weighted by Crippen LogP contribution is 2.50. The maximum atomic E-state index is 6.56. The number of para-hydroxylation sites is 4. The second-order valence-electron chi connectivity index (χ2n) is 18.1. The molecular weight excluding hydrogens is 829 g/mol. The molecule has 12 rings (SSSR count). The van der Waals surface area contributed by atoms with Gasteiger partial charge in [0.25, 0.3) is 0 Å². The highest BCUT2D eigenvalue weighted by atomic mass is 28.3. The number of fused-ring (bicyclic) bond motifs is 6. The average Bonchev–Trinajstić information content (AvgIpc) is 3.87. The summed E-state index contributed by atoms with van der Waals surface area (Å²) in [5.41, 5.74) is 13.5. The SMILES string of the molecule is CC1(C)c2ccccc2-c2cc(N(c3ccccc3)c3cccc([Si](c4ccccc4)(c4ccccc4)c4ccccc4N(c4ccccc4)c4ccc5c(c4)oc4ccccc45)c3)ccc21. The van der Waals surface area contributed by atoms with Crippen molar-refractivity contribution in [3.05, 3.63) is 266 Å². The monoisotopic (exact) mass is 876 g/mol. The van der Waals surface area contributed by atoms with E-state index in [1.807, 2.05) is 6.07 Å². The molecule has 10 aromatic carbocycles. The molecule has 3 nitrogen and oxygen atoms in total. The van der Waals surface area contributed by atoms with Crippen molar-refractivity contribution >= 4 is 84.9 Å². The highest BCUT2D eigenvalue weighted by Gasteiger charge is 2.44. The van der Waals surface area contributed by atoms with Crippen molar-refractivity contribution in [2.24, 2.45) is 0 Å². The fraction of sp³-hybridized carbons (Fsp3) is 0.0476. The first kappa shape index (κ1) is 40.3. The molecule has 0 spiro atoms. The summed E-state index contributed by atoms with van der Waals surface area (Å²) in [7, 11) is -3.21. The molecule has 1 heterocycles. The number of anilines is 6. The number of hydrogen-bond acceptors (Lipinski definition) is 3. The van der Waals surface area contributed by atoms with E-state index in [9.17, 15) is 0 Å². The molecule has 1 aromatic heterocycles. The summed E-state index contributed by atoms with van der Waals surface area (Å²) in [4.78, 5) is 4.87. The number of benzene rings is 10. The molecular formula is C63H48N2OSi. The van der Waals surface area contributed by atoms with Crippen LogP contribution >= 0.6 is 0 Å². The lowest BCUT2D eigenvalue weighted by Gasteiger charge is -2.39. The van der Waals surface area contributed by atoms with Crippen LogP contribution in [0.1, 0.15) is 25.0 Å². The molecule has 4 heteroatoms. The Labute approximate surface area is 393 Å². The Hall–Kier alpha value is -8.18. The van der Waals surface area contributed by atoms with Gasteiger partial charge in [0.15, 0.2) is 8.07 Å². The Kier molecular flexibility index (Phi) is 9.85. The zero-order chi connectivity index (χ0) is 45.0. The van der Waals surface area contributed by atoms with E-state index in [1.54, 1.807) is 0 Å². The zero-order valence-corrected chi connectivity index (χ0v) is 38.6. The minimum atomic E-state index is -3.21. The smallest absolute Gasteiger partial charge is 0.181 e. The van der Waals surface area contributed by atoms with Crippen LogP contribution in [-0.4, -0.2) is 8.07 Å². The van der Waals surface area contributed by atoms with E-state index in [0.29, 0.717) is 0 Å². The highest BCUT2D eigenvalue weighted by molar-refractivity contribution is 7.20. The van der Waals surface area contributed by atoms with E-state index in [2.05, 4.69) is 272 Å². The molecule has 1 aliphatic rings. The van der Waals surface area contributed by atoms with E-state index in [1.165, 1.54) is 43.0 Å². The van der Waals surface area contributed by atoms with Crippen LogP contribution in [0.15, 0.2) is 259 Å². The van der Waals surface area contributed by atoms with Crippen molar-refractivity contribution in [3.8, 4) is 11.1 Å². The molecule has 0 fully saturated rings. The fourth-order valence-electron chi connectivity index (χ4n) is 10.9. The second kappa shape index (κ2) is 16.4. The van der Waals surface area contributed by atoms with Crippen LogP contribution in [0, 0.1) is 0 Å². The predicted molar refractivity (Wildman–Crippen MR) is 284 cm³/mol. The number of nitrogens with zero attached hydrogens (tertiary/aromatic N) is 2. The van der Waals surface area contributed by atoms with Crippen LogP contribution in [0.3, 0.4) is 0 Å². The molecule has 0 bridgehead atoms. The molecule has 67 heavy (non-hydrogen) atoms. The Morgan fingerprint density at radius 2 is 0.851 bits per heavy atom. The number of furan rings is 1. The first-order chi connectivity index (χ1) is 33.0. The van der Waals surface area contributed by atoms with Gasteiger partial charge in [-0.25, -0.2) is 0 Å². The van der Waals surface area contributed by atoms with Gasteiger partial charge in [0.1, 0.15) is 11.2 Å². The van der Waals surface area contributed by atoms with Gasteiger partial charge < -0.3 is 14.2 Å². The summed E-state index contributed by atoms with van der Waals surface area (Å²) in [6.45, 7) is 4.70. The Morgan fingerprint density at radius 3 is 1.58 bits per heavy atom. The molecule has 0 N–H and O–H groups in total. The third-order valence-electron chi connectivity index (χ3n) is 14.0. The lowest BCUT2D eigenvalue weighted by atomic mass is 9.82. The molecule has 0 saturated heterocycles. The second-order valence-corrected chi connectivity index (χ2v) is 21.8. The van der Waals surface area contributed by atoms with Crippen molar-refractivity contribution in [1.82, 2.24) is 0 Å². The molecule has 0 radical (unpaired) electrons. The summed E-state index contributed by atoms with van der Waals surface area (Å²) < 4.78 is 6.56. The molecule has 0 aliphatic heterocycles. The van der Waals surface area contributed by atoms with Gasteiger partial charge in [-0.1, -0.05) is 190 Å². The van der Waals surface area contributed by atoms with Crippen molar-refractivity contribution in [3.63, 3.8) is 0 Å². The minimum Gasteiger partial charge on any atom is -0.456 e. The molecule has 0 amide bonds. The van der Waals surface area contributed by atoms with Crippen molar-refractivity contribution < 1.29 is 4.42 Å². The van der Waals surface area contributed by atoms with E-state index in [4.69, 9.17) is 4.42 Å². The van der Waals surface area contributed by atoms with Crippen molar-refractivity contribution in [2.75, 3.05) is 9.80 Å². The van der Waals surface area contributed by atoms with E-state index in [0.717, 1.165) is 56.1 Å². The van der Waals surface area contributed by atoms with Crippen LogP contribution in [0.4, 0.5) is 34.1 Å². The summed E-state index contributed by atoms with van der Waals surface area (Å²) in [6, 6.07) is 93.6. The third-order valence-corrected chi connectivity index (χ3v) is 18.8. The topological polar surface area (TPSA) is 19.6 Å². The fourth-order valence-corrected chi connectivity index (χ4v) is 15.9. The summed E-state index contributed by atoms with van der Waals surface area (Å²) >= 11 is 0. The zero-order valence-electron chi connectivity index (χ0n) is 37.6. The first-order valence-electron chi connectivity index (χ1n) is 23.2. The van der Waals surface area contributed by atoms with Crippen LogP contribution in [0.5, 0.6) is 0 Å². The van der Waals surface area contributed by atoms with E-state index < -0.39 is 8.07 Å².